The number of aromatic nitrogens is 2. The van der Waals surface area contributed by atoms with Crippen molar-refractivity contribution in [2.75, 3.05) is 29.1 Å². The lowest BCUT2D eigenvalue weighted by Crippen LogP contribution is -2.54. The Hall–Kier alpha value is -3.24. The SMILES string of the molecule is CC(C)c1nccc2c1N1C(=O)NC(N3CCCC[C@@H]3C)c3cc(F)c(nc31)-c1c(F)cccc1NCCCS2. The zero-order valence-electron chi connectivity index (χ0n) is 23.0. The second kappa shape index (κ2) is 11.0. The van der Waals surface area contributed by atoms with E-state index in [0.717, 1.165) is 48.6 Å². The lowest BCUT2D eigenvalue weighted by Gasteiger charge is -2.44. The van der Waals surface area contributed by atoms with Crippen LogP contribution in [0.25, 0.3) is 11.3 Å². The molecule has 7 nitrogen and oxygen atoms in total. The number of nitrogens with one attached hydrogen (secondary N) is 2. The van der Waals surface area contributed by atoms with Crippen molar-refractivity contribution in [1.29, 1.82) is 0 Å². The van der Waals surface area contributed by atoms with Gasteiger partial charge in [-0.3, -0.25) is 9.88 Å². The molecule has 1 saturated heterocycles. The van der Waals surface area contributed by atoms with Crippen LogP contribution in [-0.2, 0) is 0 Å². The Bertz CT molecular complexity index is 1450. The third-order valence-electron chi connectivity index (χ3n) is 7.97. The highest BCUT2D eigenvalue weighted by molar-refractivity contribution is 7.99. The lowest BCUT2D eigenvalue weighted by atomic mass is 9.98. The third-order valence-corrected chi connectivity index (χ3v) is 9.10. The van der Waals surface area contributed by atoms with Crippen molar-refractivity contribution >= 4 is 35.0 Å². The van der Waals surface area contributed by atoms with Gasteiger partial charge in [0.05, 0.1) is 16.9 Å². The number of carbonyl (C=O) groups is 1. The number of hydrogen-bond donors (Lipinski definition) is 2. The number of piperidine rings is 1. The number of benzene rings is 1. The van der Waals surface area contributed by atoms with Crippen LogP contribution in [0, 0.1) is 11.6 Å². The maximum Gasteiger partial charge on any atom is 0.329 e. The van der Waals surface area contributed by atoms with Crippen LogP contribution in [0.1, 0.15) is 69.8 Å². The number of urea groups is 1. The highest BCUT2D eigenvalue weighted by Gasteiger charge is 2.41. The van der Waals surface area contributed by atoms with Gasteiger partial charge in [0.2, 0.25) is 0 Å². The van der Waals surface area contributed by atoms with Gasteiger partial charge in [0.25, 0.3) is 0 Å². The summed E-state index contributed by atoms with van der Waals surface area (Å²) in [4.78, 5) is 28.3. The number of amides is 2. The maximum atomic E-state index is 16.1. The lowest BCUT2D eigenvalue weighted by molar-refractivity contribution is 0.0881. The Kier molecular flexibility index (Phi) is 7.39. The first-order valence-corrected chi connectivity index (χ1v) is 15.0. The average molecular weight is 565 g/mol. The fourth-order valence-electron chi connectivity index (χ4n) is 5.98. The number of nitrogens with zero attached hydrogens (tertiary/aromatic N) is 4. The van der Waals surface area contributed by atoms with Gasteiger partial charge in [0, 0.05) is 41.5 Å². The van der Waals surface area contributed by atoms with Gasteiger partial charge in [0.15, 0.2) is 0 Å². The standard InChI is InChI=1S/C30H34F2N6OS/c1-17(2)25-27-23(11-13-34-25)40-15-7-12-33-22-10-6-9-20(31)24(22)26-21(32)16-19-28(37-14-5-4-8-18(37)3)36-30(39)38(27)29(19)35-26/h6,9-11,13,16-18,28,33H,4-5,7-8,12,14-15H2,1-3H3,(H,36,39)/t18-,28?/m0/s1. The minimum absolute atomic E-state index is 0.0158. The average Bonchev–Trinajstić information content (AvgIpc) is 2.94. The van der Waals surface area contributed by atoms with Crippen molar-refractivity contribution in [1.82, 2.24) is 20.2 Å². The molecule has 2 amide bonds. The molecule has 0 aliphatic carbocycles. The summed E-state index contributed by atoms with van der Waals surface area (Å²) >= 11 is 1.65. The van der Waals surface area contributed by atoms with E-state index >= 15 is 8.78 Å². The third kappa shape index (κ3) is 4.71. The largest absolute Gasteiger partial charge is 0.384 e. The van der Waals surface area contributed by atoms with Crippen molar-refractivity contribution in [3.8, 4) is 11.3 Å². The van der Waals surface area contributed by atoms with Crippen LogP contribution < -0.4 is 15.5 Å². The monoisotopic (exact) mass is 564 g/mol. The number of rotatable bonds is 2. The number of pyridine rings is 2. The summed E-state index contributed by atoms with van der Waals surface area (Å²) in [5.74, 6) is -0.104. The Morgan fingerprint density at radius 3 is 2.77 bits per heavy atom. The normalized spacial score (nSPS) is 21.4. The van der Waals surface area contributed by atoms with E-state index in [1.54, 1.807) is 35.0 Å². The van der Waals surface area contributed by atoms with Gasteiger partial charge in [0.1, 0.15) is 29.3 Å². The summed E-state index contributed by atoms with van der Waals surface area (Å²) in [7, 11) is 0. The Labute approximate surface area is 237 Å². The van der Waals surface area contributed by atoms with Gasteiger partial charge in [-0.05, 0) is 62.1 Å². The van der Waals surface area contributed by atoms with Gasteiger partial charge in [-0.15, -0.1) is 11.8 Å². The van der Waals surface area contributed by atoms with Crippen molar-refractivity contribution < 1.29 is 13.6 Å². The molecule has 2 aromatic heterocycles. The number of likely N-dealkylation sites (tertiary alicyclic amines) is 1. The van der Waals surface area contributed by atoms with Crippen LogP contribution in [0.5, 0.6) is 0 Å². The summed E-state index contributed by atoms with van der Waals surface area (Å²) in [6.45, 7) is 7.56. The number of hydrogen-bond acceptors (Lipinski definition) is 6. The summed E-state index contributed by atoms with van der Waals surface area (Å²) in [5.41, 5.74) is 2.39. The van der Waals surface area contributed by atoms with Gasteiger partial charge >= 0.3 is 6.03 Å². The number of anilines is 3. The summed E-state index contributed by atoms with van der Waals surface area (Å²) in [6, 6.07) is 7.87. The molecule has 1 fully saturated rings. The molecule has 0 spiro atoms. The molecule has 210 valence electrons. The van der Waals surface area contributed by atoms with E-state index in [1.807, 2.05) is 19.9 Å². The van der Waals surface area contributed by atoms with E-state index in [4.69, 9.17) is 4.98 Å². The maximum absolute atomic E-state index is 16.1. The first-order chi connectivity index (χ1) is 19.3. The first kappa shape index (κ1) is 27.0. The van der Waals surface area contributed by atoms with E-state index in [9.17, 15) is 4.79 Å². The van der Waals surface area contributed by atoms with E-state index in [0.29, 0.717) is 29.3 Å². The van der Waals surface area contributed by atoms with E-state index in [2.05, 4.69) is 27.4 Å². The van der Waals surface area contributed by atoms with Gasteiger partial charge < -0.3 is 10.6 Å². The molecular weight excluding hydrogens is 530 g/mol. The molecule has 2 atom stereocenters. The van der Waals surface area contributed by atoms with Crippen LogP contribution in [-0.4, -0.2) is 45.8 Å². The number of thioether (sulfide) groups is 1. The van der Waals surface area contributed by atoms with E-state index < -0.39 is 17.8 Å². The van der Waals surface area contributed by atoms with E-state index in [-0.39, 0.29) is 29.2 Å². The molecule has 1 unspecified atom stereocenters. The highest BCUT2D eigenvalue weighted by Crippen LogP contribution is 2.46. The topological polar surface area (TPSA) is 73.4 Å². The molecule has 2 N–H and O–H groups in total. The Balaban J connectivity index is 1.64. The summed E-state index contributed by atoms with van der Waals surface area (Å²) in [6.07, 6.45) is 5.10. The zero-order chi connectivity index (χ0) is 28.0. The molecule has 3 aliphatic heterocycles. The number of fused-ring (bicyclic) bond motifs is 5. The minimum atomic E-state index is -0.627. The van der Waals surface area contributed by atoms with Gasteiger partial charge in [-0.1, -0.05) is 26.3 Å². The van der Waals surface area contributed by atoms with Crippen molar-refractivity contribution in [2.45, 2.75) is 69.5 Å². The van der Waals surface area contributed by atoms with Crippen molar-refractivity contribution in [2.24, 2.45) is 0 Å². The van der Waals surface area contributed by atoms with Crippen LogP contribution in [0.3, 0.4) is 0 Å². The van der Waals surface area contributed by atoms with Crippen LogP contribution >= 0.6 is 11.8 Å². The smallest absolute Gasteiger partial charge is 0.329 e. The first-order valence-electron chi connectivity index (χ1n) is 14.1. The second-order valence-corrected chi connectivity index (χ2v) is 12.1. The number of halogens is 2. The molecule has 3 aromatic rings. The van der Waals surface area contributed by atoms with Crippen LogP contribution in [0.15, 0.2) is 41.4 Å². The van der Waals surface area contributed by atoms with Crippen molar-refractivity contribution in [3.63, 3.8) is 0 Å². The molecule has 0 radical (unpaired) electrons. The molecule has 40 heavy (non-hydrogen) atoms. The molecule has 3 aliphatic rings. The summed E-state index contributed by atoms with van der Waals surface area (Å²) in [5, 5.41) is 6.46. The molecule has 10 heteroatoms. The molecule has 6 rings (SSSR count). The van der Waals surface area contributed by atoms with Gasteiger partial charge in [-0.2, -0.15) is 0 Å². The second-order valence-electron chi connectivity index (χ2n) is 11.0. The number of carbonyl (C=O) groups excluding carboxylic acids is 1. The highest BCUT2D eigenvalue weighted by atomic mass is 32.2. The molecule has 5 heterocycles. The predicted molar refractivity (Wildman–Crippen MR) is 155 cm³/mol. The van der Waals surface area contributed by atoms with Crippen LogP contribution in [0.4, 0.5) is 30.8 Å². The molecular formula is C30H34F2N6OS. The zero-order valence-corrected chi connectivity index (χ0v) is 23.8. The fraction of sp³-hybridized carbons (Fsp3) is 0.433. The quantitative estimate of drug-likeness (QED) is 0.343. The Morgan fingerprint density at radius 1 is 1.12 bits per heavy atom. The minimum Gasteiger partial charge on any atom is -0.384 e. The molecule has 0 saturated carbocycles. The summed E-state index contributed by atoms with van der Waals surface area (Å²) < 4.78 is 31.5. The predicted octanol–water partition coefficient (Wildman–Crippen LogP) is 7.19. The molecule has 2 bridgehead atoms. The fourth-order valence-corrected chi connectivity index (χ4v) is 6.98. The van der Waals surface area contributed by atoms with Crippen molar-refractivity contribution in [3.05, 3.63) is 59.4 Å². The van der Waals surface area contributed by atoms with Gasteiger partial charge in [-0.25, -0.2) is 23.5 Å². The van der Waals surface area contributed by atoms with E-state index in [1.165, 1.54) is 12.1 Å². The van der Waals surface area contributed by atoms with Crippen LogP contribution in [0.2, 0.25) is 0 Å². The molecule has 1 aromatic carbocycles. The Morgan fingerprint density at radius 2 is 1.98 bits per heavy atom.